The van der Waals surface area contributed by atoms with Gasteiger partial charge in [-0.3, -0.25) is 20.4 Å². The van der Waals surface area contributed by atoms with Gasteiger partial charge in [0, 0.05) is 28.9 Å². The smallest absolute Gasteiger partial charge is 0.408 e. The molecule has 3 amide bonds. The lowest BCUT2D eigenvalue weighted by molar-refractivity contribution is -0.124. The number of amides is 3. The van der Waals surface area contributed by atoms with Crippen molar-refractivity contribution in [2.24, 2.45) is 17.8 Å². The molecule has 45 heavy (non-hydrogen) atoms. The first-order valence-corrected chi connectivity index (χ1v) is 16.1. The quantitative estimate of drug-likeness (QED) is 0.198. The Morgan fingerprint density at radius 2 is 1.58 bits per heavy atom. The maximum Gasteiger partial charge on any atom is 0.408 e. The molecule has 0 radical (unpaired) electrons. The van der Waals surface area contributed by atoms with Gasteiger partial charge in [-0.15, -0.1) is 0 Å². The third-order valence-electron chi connectivity index (χ3n) is 9.96. The summed E-state index contributed by atoms with van der Waals surface area (Å²) in [6.45, 7) is 5.28. The summed E-state index contributed by atoms with van der Waals surface area (Å²) < 4.78 is 5.44. The zero-order valence-corrected chi connectivity index (χ0v) is 26.1. The van der Waals surface area contributed by atoms with Crippen LogP contribution >= 0.6 is 0 Å². The van der Waals surface area contributed by atoms with Crippen LogP contribution in [0.3, 0.4) is 0 Å². The number of para-hydroxylation sites is 2. The van der Waals surface area contributed by atoms with Crippen molar-refractivity contribution in [2.75, 3.05) is 0 Å². The van der Waals surface area contributed by atoms with Crippen molar-refractivity contribution in [3.05, 3.63) is 77.6 Å². The molecule has 0 spiro atoms. The number of pyridine rings is 1. The molecule has 2 aromatic carbocycles. The summed E-state index contributed by atoms with van der Waals surface area (Å²) in [5.41, 5.74) is 8.51. The van der Waals surface area contributed by atoms with Crippen molar-refractivity contribution in [1.82, 2.24) is 26.1 Å². The topological polar surface area (TPSA) is 125 Å². The lowest BCUT2D eigenvalue weighted by Gasteiger charge is -2.57. The van der Waals surface area contributed by atoms with Crippen LogP contribution in [0, 0.1) is 17.8 Å². The monoisotopic (exact) mass is 607 g/mol. The van der Waals surface area contributed by atoms with Gasteiger partial charge in [0.2, 0.25) is 0 Å². The molecule has 4 aromatic rings. The Balaban J connectivity index is 1.12. The van der Waals surface area contributed by atoms with Crippen molar-refractivity contribution >= 4 is 39.7 Å². The molecule has 4 aliphatic rings. The molecule has 9 heteroatoms. The van der Waals surface area contributed by atoms with Crippen molar-refractivity contribution in [3.63, 3.8) is 0 Å². The summed E-state index contributed by atoms with van der Waals surface area (Å²) in [7, 11) is 0. The summed E-state index contributed by atoms with van der Waals surface area (Å²) in [4.78, 5) is 47.8. The SMILES string of the molecule is CC(C)(C)OC(=O)N[C@@H](Cc1c[nH]c2ccccc12)C(=O)NNC(=O)c1cc(C23CC4CC(CC(C4)C2)C3)c2ccccc2n1. The van der Waals surface area contributed by atoms with E-state index < -0.39 is 29.6 Å². The number of hydrogen-bond donors (Lipinski definition) is 4. The number of carbonyl (C=O) groups is 3. The van der Waals surface area contributed by atoms with E-state index >= 15 is 0 Å². The minimum Gasteiger partial charge on any atom is -0.444 e. The molecule has 1 atom stereocenters. The minimum absolute atomic E-state index is 0.0668. The maximum atomic E-state index is 13.6. The Morgan fingerprint density at radius 3 is 2.27 bits per heavy atom. The molecule has 4 fully saturated rings. The summed E-state index contributed by atoms with van der Waals surface area (Å²) in [5.74, 6) is 1.20. The average molecular weight is 608 g/mol. The molecule has 234 valence electrons. The molecular formula is C36H41N5O4. The fourth-order valence-electron chi connectivity index (χ4n) is 8.62. The summed E-state index contributed by atoms with van der Waals surface area (Å²) in [6, 6.07) is 16.8. The van der Waals surface area contributed by atoms with E-state index in [4.69, 9.17) is 9.72 Å². The first kappa shape index (κ1) is 29.3. The molecule has 4 aliphatic carbocycles. The summed E-state index contributed by atoms with van der Waals surface area (Å²) in [5, 5.41) is 4.75. The van der Waals surface area contributed by atoms with E-state index in [0.717, 1.165) is 64.4 Å². The molecule has 4 bridgehead atoms. The normalized spacial score (nSPS) is 24.4. The van der Waals surface area contributed by atoms with Gasteiger partial charge in [0.15, 0.2) is 0 Å². The van der Waals surface area contributed by atoms with Crippen molar-refractivity contribution in [1.29, 1.82) is 0 Å². The Bertz CT molecular complexity index is 1750. The second-order valence-corrected chi connectivity index (χ2v) is 14.5. The molecule has 9 nitrogen and oxygen atoms in total. The molecular weight excluding hydrogens is 566 g/mol. The number of nitrogens with zero attached hydrogens (tertiary/aromatic N) is 1. The van der Waals surface area contributed by atoms with Crippen molar-refractivity contribution in [2.45, 2.75) is 82.8 Å². The van der Waals surface area contributed by atoms with Gasteiger partial charge in [-0.2, -0.15) is 0 Å². The van der Waals surface area contributed by atoms with E-state index in [0.29, 0.717) is 0 Å². The number of carbonyl (C=O) groups excluding carboxylic acids is 3. The number of aromatic nitrogens is 2. The number of ether oxygens (including phenoxy) is 1. The Hall–Kier alpha value is -4.40. The van der Waals surface area contributed by atoms with Gasteiger partial charge in [0.05, 0.1) is 5.52 Å². The van der Waals surface area contributed by atoms with Gasteiger partial charge in [-0.1, -0.05) is 36.4 Å². The molecule has 4 saturated carbocycles. The minimum atomic E-state index is -1.01. The van der Waals surface area contributed by atoms with Crippen LogP contribution in [0.1, 0.15) is 80.9 Å². The highest BCUT2D eigenvalue weighted by Gasteiger charge is 2.52. The Kier molecular flexibility index (Phi) is 7.29. The Morgan fingerprint density at radius 1 is 0.933 bits per heavy atom. The zero-order valence-electron chi connectivity index (χ0n) is 26.1. The predicted octanol–water partition coefficient (Wildman–Crippen LogP) is 6.08. The largest absolute Gasteiger partial charge is 0.444 e. The lowest BCUT2D eigenvalue weighted by atomic mass is 9.48. The third kappa shape index (κ3) is 5.88. The molecule has 4 N–H and O–H groups in total. The number of rotatable bonds is 6. The highest BCUT2D eigenvalue weighted by Crippen LogP contribution is 2.61. The number of benzene rings is 2. The van der Waals surface area contributed by atoms with Gasteiger partial charge < -0.3 is 15.0 Å². The fourth-order valence-corrected chi connectivity index (χ4v) is 8.62. The van der Waals surface area contributed by atoms with Crippen LogP contribution in [0.25, 0.3) is 21.8 Å². The summed E-state index contributed by atoms with van der Waals surface area (Å²) >= 11 is 0. The summed E-state index contributed by atoms with van der Waals surface area (Å²) in [6.07, 6.45) is 8.78. The number of aromatic amines is 1. The molecule has 2 aromatic heterocycles. The molecule has 0 saturated heterocycles. The lowest BCUT2D eigenvalue weighted by Crippen LogP contribution is -2.54. The number of H-pyrrole nitrogens is 1. The Labute approximate surface area is 262 Å². The predicted molar refractivity (Wildman–Crippen MR) is 172 cm³/mol. The van der Waals surface area contributed by atoms with Crippen LogP contribution < -0.4 is 16.2 Å². The van der Waals surface area contributed by atoms with Crippen LogP contribution in [0.5, 0.6) is 0 Å². The van der Waals surface area contributed by atoms with E-state index in [2.05, 4.69) is 27.2 Å². The third-order valence-corrected chi connectivity index (χ3v) is 9.96. The van der Waals surface area contributed by atoms with Crippen LogP contribution in [0.2, 0.25) is 0 Å². The van der Waals surface area contributed by atoms with E-state index in [1.807, 2.05) is 54.7 Å². The van der Waals surface area contributed by atoms with E-state index in [1.165, 1.54) is 24.8 Å². The standard InChI is InChI=1S/C36H41N5O4/c1-35(2,3)45-34(44)39-30(15-24-20-37-28-10-6-4-8-25(24)28)32(42)40-41-33(43)31-16-27(26-9-5-7-11-29(26)38-31)36-17-21-12-22(18-36)14-23(13-21)19-36/h4-11,16,20-23,30,37H,12-15,17-19H2,1-3H3,(H,39,44)(H,40,42)(H,41,43)/t21?,22?,23?,30-,36?/m0/s1. The zero-order chi connectivity index (χ0) is 31.3. The van der Waals surface area contributed by atoms with Gasteiger partial charge in [0.1, 0.15) is 17.3 Å². The van der Waals surface area contributed by atoms with Crippen molar-refractivity contribution in [3.8, 4) is 0 Å². The highest BCUT2D eigenvalue weighted by molar-refractivity contribution is 5.98. The number of fused-ring (bicyclic) bond motifs is 2. The van der Waals surface area contributed by atoms with Gasteiger partial charge >= 0.3 is 6.09 Å². The fraction of sp³-hybridized carbons (Fsp3) is 0.444. The van der Waals surface area contributed by atoms with Crippen molar-refractivity contribution < 1.29 is 19.1 Å². The van der Waals surface area contributed by atoms with E-state index in [1.54, 1.807) is 20.8 Å². The average Bonchev–Trinajstić information content (AvgIpc) is 3.40. The van der Waals surface area contributed by atoms with Crippen LogP contribution in [-0.4, -0.2) is 39.5 Å². The molecule has 0 unspecified atom stereocenters. The van der Waals surface area contributed by atoms with E-state index in [-0.39, 0.29) is 17.5 Å². The van der Waals surface area contributed by atoms with Crippen LogP contribution in [0.15, 0.2) is 60.8 Å². The van der Waals surface area contributed by atoms with Crippen LogP contribution in [0.4, 0.5) is 4.79 Å². The second kappa shape index (κ2) is 11.2. The highest BCUT2D eigenvalue weighted by atomic mass is 16.6. The number of nitrogens with one attached hydrogen (secondary N) is 4. The van der Waals surface area contributed by atoms with Gasteiger partial charge in [-0.05, 0) is 112 Å². The van der Waals surface area contributed by atoms with Gasteiger partial charge in [0.25, 0.3) is 11.8 Å². The number of hydrazine groups is 1. The molecule has 8 rings (SSSR count). The van der Waals surface area contributed by atoms with Crippen LogP contribution in [-0.2, 0) is 21.4 Å². The number of hydrogen-bond acceptors (Lipinski definition) is 5. The van der Waals surface area contributed by atoms with Gasteiger partial charge in [-0.25, -0.2) is 9.78 Å². The first-order chi connectivity index (χ1) is 21.5. The first-order valence-electron chi connectivity index (χ1n) is 16.1. The van der Waals surface area contributed by atoms with E-state index in [9.17, 15) is 14.4 Å². The maximum absolute atomic E-state index is 13.6. The molecule has 2 heterocycles. The molecule has 0 aliphatic heterocycles. The number of alkyl carbamates (subject to hydrolysis) is 1. The second-order valence-electron chi connectivity index (χ2n) is 14.5.